The van der Waals surface area contributed by atoms with Crippen molar-refractivity contribution in [2.24, 2.45) is 5.92 Å². The normalized spacial score (nSPS) is 27.1. The zero-order chi connectivity index (χ0) is 15.6. The second-order valence-corrected chi connectivity index (χ2v) is 6.04. The van der Waals surface area contributed by atoms with E-state index in [1.807, 2.05) is 0 Å². The molecule has 0 bridgehead atoms. The first-order valence-electron chi connectivity index (χ1n) is 6.95. The van der Waals surface area contributed by atoms with Crippen molar-refractivity contribution >= 4 is 6.08 Å². The fraction of sp³-hybridized carbons (Fsp3) is 0.500. The summed E-state index contributed by atoms with van der Waals surface area (Å²) in [5.74, 6) is -0.349. The number of ether oxygens (including phenoxy) is 1. The highest BCUT2D eigenvalue weighted by molar-refractivity contribution is 5.55. The highest BCUT2D eigenvalue weighted by Gasteiger charge is 2.37. The molecule has 0 radical (unpaired) electrons. The van der Waals surface area contributed by atoms with Crippen LogP contribution in [0.15, 0.2) is 24.3 Å². The maximum absolute atomic E-state index is 14.1. The summed E-state index contributed by atoms with van der Waals surface area (Å²) in [5, 5.41) is 28.7. The molecule has 0 aromatic heterocycles. The van der Waals surface area contributed by atoms with Crippen molar-refractivity contribution in [2.45, 2.75) is 38.1 Å². The minimum atomic E-state index is -1.20. The average Bonchev–Trinajstić information content (AvgIpc) is 2.35. The van der Waals surface area contributed by atoms with Crippen LogP contribution >= 0.6 is 0 Å². The van der Waals surface area contributed by atoms with Gasteiger partial charge in [0.15, 0.2) is 0 Å². The van der Waals surface area contributed by atoms with Crippen LogP contribution in [0.5, 0.6) is 11.5 Å². The topological polar surface area (TPSA) is 69.9 Å². The molecule has 116 valence electrons. The van der Waals surface area contributed by atoms with Crippen molar-refractivity contribution < 1.29 is 24.4 Å². The van der Waals surface area contributed by atoms with Gasteiger partial charge in [0, 0.05) is 12.0 Å². The number of hydrogen-bond donors (Lipinski definition) is 3. The zero-order valence-electron chi connectivity index (χ0n) is 12.2. The summed E-state index contributed by atoms with van der Waals surface area (Å²) in [6, 6.07) is 4.15. The van der Waals surface area contributed by atoms with Crippen LogP contribution < -0.4 is 0 Å². The molecule has 0 aliphatic carbocycles. The van der Waals surface area contributed by atoms with Gasteiger partial charge in [0.05, 0.1) is 12.2 Å². The van der Waals surface area contributed by atoms with E-state index < -0.39 is 17.9 Å². The Hall–Kier alpha value is -1.59. The highest BCUT2D eigenvalue weighted by atomic mass is 19.1. The Labute approximate surface area is 123 Å². The number of phenolic OH excluding ortho intramolecular Hbond substituents is 2. The third kappa shape index (κ3) is 4.19. The predicted octanol–water partition coefficient (Wildman–Crippen LogP) is 2.63. The van der Waals surface area contributed by atoms with Crippen LogP contribution in [0.1, 0.15) is 25.8 Å². The van der Waals surface area contributed by atoms with Gasteiger partial charge in [-0.15, -0.1) is 0 Å². The maximum atomic E-state index is 14.1. The largest absolute Gasteiger partial charge is 0.508 e. The Kier molecular flexibility index (Phi) is 4.54. The molecule has 1 aromatic carbocycles. The second-order valence-electron chi connectivity index (χ2n) is 6.04. The van der Waals surface area contributed by atoms with Gasteiger partial charge in [0.2, 0.25) is 0 Å². The van der Waals surface area contributed by atoms with Crippen LogP contribution in [-0.4, -0.2) is 39.8 Å². The molecule has 1 aromatic rings. The molecule has 1 aliphatic heterocycles. The Morgan fingerprint density at radius 3 is 2.38 bits per heavy atom. The molecule has 1 aliphatic rings. The van der Waals surface area contributed by atoms with Crippen LogP contribution in [0.25, 0.3) is 6.08 Å². The third-order valence-electron chi connectivity index (χ3n) is 3.76. The van der Waals surface area contributed by atoms with E-state index in [1.165, 1.54) is 18.2 Å². The van der Waals surface area contributed by atoms with Crippen molar-refractivity contribution in [3.63, 3.8) is 0 Å². The summed E-state index contributed by atoms with van der Waals surface area (Å²) in [6.45, 7) is 3.60. The molecule has 1 heterocycles. The molecule has 2 rings (SSSR count). The lowest BCUT2D eigenvalue weighted by atomic mass is 9.84. The van der Waals surface area contributed by atoms with E-state index in [0.717, 1.165) is 0 Å². The molecule has 3 atom stereocenters. The Balaban J connectivity index is 2.02. The molecule has 0 spiro atoms. The molecular formula is C16H21FO4. The van der Waals surface area contributed by atoms with Gasteiger partial charge < -0.3 is 20.1 Å². The summed E-state index contributed by atoms with van der Waals surface area (Å²) >= 11 is 0. The minimum absolute atomic E-state index is 0.0573. The average molecular weight is 296 g/mol. The minimum Gasteiger partial charge on any atom is -0.508 e. The summed E-state index contributed by atoms with van der Waals surface area (Å²) in [5.41, 5.74) is -0.399. The molecule has 3 N–H and O–H groups in total. The molecule has 3 unspecified atom stereocenters. The maximum Gasteiger partial charge on any atom is 0.130 e. The van der Waals surface area contributed by atoms with E-state index in [9.17, 15) is 19.7 Å². The molecule has 21 heavy (non-hydrogen) atoms. The number of hydrogen-bond acceptors (Lipinski definition) is 4. The fourth-order valence-corrected chi connectivity index (χ4v) is 2.39. The summed E-state index contributed by atoms with van der Waals surface area (Å²) in [6.07, 6.45) is 1.52. The molecular weight excluding hydrogens is 275 g/mol. The van der Waals surface area contributed by atoms with Gasteiger partial charge >= 0.3 is 0 Å². The number of benzene rings is 1. The molecule has 5 heteroatoms. The van der Waals surface area contributed by atoms with Crippen molar-refractivity contribution in [1.29, 1.82) is 0 Å². The molecule has 1 fully saturated rings. The molecule has 0 saturated carbocycles. The van der Waals surface area contributed by atoms with Gasteiger partial charge in [-0.05, 0) is 38.0 Å². The summed E-state index contributed by atoms with van der Waals surface area (Å²) in [4.78, 5) is 0. The van der Waals surface area contributed by atoms with Gasteiger partial charge in [-0.1, -0.05) is 12.2 Å². The van der Waals surface area contributed by atoms with Crippen LogP contribution in [0.2, 0.25) is 0 Å². The van der Waals surface area contributed by atoms with Crippen molar-refractivity contribution in [2.75, 3.05) is 6.61 Å². The van der Waals surface area contributed by atoms with E-state index in [-0.39, 0.29) is 23.8 Å². The van der Waals surface area contributed by atoms with E-state index in [0.29, 0.717) is 12.2 Å². The Bertz CT molecular complexity index is 501. The first-order valence-corrected chi connectivity index (χ1v) is 6.95. The number of alkyl halides is 1. The van der Waals surface area contributed by atoms with Crippen molar-refractivity contribution in [1.82, 2.24) is 0 Å². The van der Waals surface area contributed by atoms with Gasteiger partial charge in [-0.25, -0.2) is 4.39 Å². The standard InChI is InChI=1S/C16H21FO4/c1-16(2,20)11-7-14(17)15(21-9-11)4-3-10-5-12(18)8-13(19)6-10/h3-6,8,11,14-15,18-20H,7,9H2,1-2H3/b4-3+. The number of rotatable bonds is 3. The fourth-order valence-electron chi connectivity index (χ4n) is 2.39. The number of halogens is 1. The third-order valence-corrected chi connectivity index (χ3v) is 3.76. The Morgan fingerprint density at radius 2 is 1.86 bits per heavy atom. The number of aromatic hydroxyl groups is 2. The van der Waals surface area contributed by atoms with Crippen LogP contribution in [-0.2, 0) is 4.74 Å². The molecule has 0 amide bonds. The van der Waals surface area contributed by atoms with Gasteiger partial charge in [-0.2, -0.15) is 0 Å². The smallest absolute Gasteiger partial charge is 0.130 e. The van der Waals surface area contributed by atoms with Gasteiger partial charge in [0.25, 0.3) is 0 Å². The quantitative estimate of drug-likeness (QED) is 0.802. The van der Waals surface area contributed by atoms with Crippen molar-refractivity contribution in [3.8, 4) is 11.5 Å². The second kappa shape index (κ2) is 6.03. The summed E-state index contributed by atoms with van der Waals surface area (Å²) < 4.78 is 19.6. The van der Waals surface area contributed by atoms with Crippen LogP contribution in [0.4, 0.5) is 4.39 Å². The first kappa shape index (κ1) is 15.8. The van der Waals surface area contributed by atoms with E-state index in [2.05, 4.69) is 0 Å². The first-order chi connectivity index (χ1) is 9.75. The number of aliphatic hydroxyl groups is 1. The van der Waals surface area contributed by atoms with E-state index in [1.54, 1.807) is 26.0 Å². The van der Waals surface area contributed by atoms with Gasteiger partial charge in [0.1, 0.15) is 23.8 Å². The lowest BCUT2D eigenvalue weighted by molar-refractivity contribution is -0.105. The lowest BCUT2D eigenvalue weighted by Gasteiger charge is -2.37. The van der Waals surface area contributed by atoms with Gasteiger partial charge in [-0.3, -0.25) is 0 Å². The van der Waals surface area contributed by atoms with E-state index >= 15 is 0 Å². The zero-order valence-corrected chi connectivity index (χ0v) is 12.2. The monoisotopic (exact) mass is 296 g/mol. The Morgan fingerprint density at radius 1 is 1.24 bits per heavy atom. The molecule has 1 saturated heterocycles. The number of phenols is 2. The lowest BCUT2D eigenvalue weighted by Crippen LogP contribution is -2.44. The molecule has 4 nitrogen and oxygen atoms in total. The van der Waals surface area contributed by atoms with E-state index in [4.69, 9.17) is 4.74 Å². The highest BCUT2D eigenvalue weighted by Crippen LogP contribution is 2.31. The van der Waals surface area contributed by atoms with Crippen molar-refractivity contribution in [3.05, 3.63) is 29.8 Å². The SMILES string of the molecule is CC(C)(O)C1COC(/C=C/c2cc(O)cc(O)c2)C(F)C1. The van der Waals surface area contributed by atoms with Crippen LogP contribution in [0, 0.1) is 5.92 Å². The summed E-state index contributed by atoms with van der Waals surface area (Å²) in [7, 11) is 0. The van der Waals surface area contributed by atoms with Crippen LogP contribution in [0.3, 0.4) is 0 Å². The predicted molar refractivity (Wildman–Crippen MR) is 77.8 cm³/mol.